The van der Waals surface area contributed by atoms with Crippen LogP contribution in [0.15, 0.2) is 18.2 Å². The summed E-state index contributed by atoms with van der Waals surface area (Å²) >= 11 is 1.78. The number of piperidine rings is 1. The number of aromatic nitrogens is 1. The summed E-state index contributed by atoms with van der Waals surface area (Å²) in [5.74, 6) is 1.66. The lowest BCUT2D eigenvalue weighted by Gasteiger charge is -2.31. The SMILES string of the molecule is COc1ccc2nc(CN3CCCC(CCN)C3)sc2c1. The van der Waals surface area contributed by atoms with Crippen molar-refractivity contribution < 1.29 is 4.74 Å². The number of rotatable bonds is 5. The minimum Gasteiger partial charge on any atom is -0.497 e. The van der Waals surface area contributed by atoms with E-state index in [0.29, 0.717) is 0 Å². The highest BCUT2D eigenvalue weighted by Gasteiger charge is 2.20. The fourth-order valence-corrected chi connectivity index (χ4v) is 4.14. The zero-order valence-corrected chi connectivity index (χ0v) is 13.4. The van der Waals surface area contributed by atoms with Crippen molar-refractivity contribution >= 4 is 21.6 Å². The zero-order valence-electron chi connectivity index (χ0n) is 12.5. The van der Waals surface area contributed by atoms with E-state index in [4.69, 9.17) is 15.5 Å². The van der Waals surface area contributed by atoms with Crippen molar-refractivity contribution in [2.45, 2.75) is 25.8 Å². The molecule has 21 heavy (non-hydrogen) atoms. The van der Waals surface area contributed by atoms with Crippen molar-refractivity contribution in [1.82, 2.24) is 9.88 Å². The van der Waals surface area contributed by atoms with Crippen LogP contribution < -0.4 is 10.5 Å². The van der Waals surface area contributed by atoms with Crippen LogP contribution in [0.2, 0.25) is 0 Å². The monoisotopic (exact) mass is 305 g/mol. The first-order valence-electron chi connectivity index (χ1n) is 7.64. The van der Waals surface area contributed by atoms with Gasteiger partial charge in [-0.15, -0.1) is 11.3 Å². The summed E-state index contributed by atoms with van der Waals surface area (Å²) in [7, 11) is 1.70. The van der Waals surface area contributed by atoms with Gasteiger partial charge >= 0.3 is 0 Å². The van der Waals surface area contributed by atoms with Crippen molar-refractivity contribution in [3.05, 3.63) is 23.2 Å². The van der Waals surface area contributed by atoms with E-state index in [1.807, 2.05) is 12.1 Å². The molecule has 1 saturated heterocycles. The molecular weight excluding hydrogens is 282 g/mol. The van der Waals surface area contributed by atoms with Gasteiger partial charge in [-0.05, 0) is 56.5 Å². The van der Waals surface area contributed by atoms with Crippen LogP contribution in [0.3, 0.4) is 0 Å². The van der Waals surface area contributed by atoms with Gasteiger partial charge in [0, 0.05) is 6.54 Å². The predicted molar refractivity (Wildman–Crippen MR) is 87.8 cm³/mol. The summed E-state index contributed by atoms with van der Waals surface area (Å²) < 4.78 is 6.49. The summed E-state index contributed by atoms with van der Waals surface area (Å²) in [4.78, 5) is 7.28. The Hall–Kier alpha value is -1.17. The maximum absolute atomic E-state index is 5.70. The van der Waals surface area contributed by atoms with Crippen LogP contribution in [-0.2, 0) is 6.54 Å². The number of thiazole rings is 1. The summed E-state index contributed by atoms with van der Waals surface area (Å²) in [6.07, 6.45) is 3.75. The minimum absolute atomic E-state index is 0.762. The molecule has 3 rings (SSSR count). The van der Waals surface area contributed by atoms with E-state index < -0.39 is 0 Å². The number of ether oxygens (including phenoxy) is 1. The fraction of sp³-hybridized carbons (Fsp3) is 0.562. The zero-order chi connectivity index (χ0) is 14.7. The number of hydrogen-bond donors (Lipinski definition) is 1. The molecule has 1 aromatic heterocycles. The number of fused-ring (bicyclic) bond motifs is 1. The van der Waals surface area contributed by atoms with Crippen LogP contribution in [0.25, 0.3) is 10.2 Å². The molecule has 1 unspecified atom stereocenters. The first-order valence-corrected chi connectivity index (χ1v) is 8.46. The molecule has 5 heteroatoms. The maximum Gasteiger partial charge on any atom is 0.120 e. The third-order valence-electron chi connectivity index (χ3n) is 4.18. The highest BCUT2D eigenvalue weighted by molar-refractivity contribution is 7.18. The molecule has 0 spiro atoms. The summed E-state index contributed by atoms with van der Waals surface area (Å²) in [5, 5.41) is 1.20. The Kier molecular flexibility index (Phi) is 4.73. The van der Waals surface area contributed by atoms with E-state index in [0.717, 1.165) is 43.2 Å². The molecule has 1 fully saturated rings. The second-order valence-corrected chi connectivity index (χ2v) is 6.88. The summed E-state index contributed by atoms with van der Waals surface area (Å²) in [5.41, 5.74) is 6.77. The lowest BCUT2D eigenvalue weighted by molar-refractivity contribution is 0.163. The van der Waals surface area contributed by atoms with Gasteiger partial charge in [0.15, 0.2) is 0 Å². The number of hydrogen-bond acceptors (Lipinski definition) is 5. The van der Waals surface area contributed by atoms with E-state index in [1.165, 1.54) is 29.1 Å². The molecule has 0 saturated carbocycles. The van der Waals surface area contributed by atoms with Crippen LogP contribution >= 0.6 is 11.3 Å². The molecule has 0 radical (unpaired) electrons. The third kappa shape index (κ3) is 3.54. The normalized spacial score (nSPS) is 20.0. The highest BCUT2D eigenvalue weighted by Crippen LogP contribution is 2.28. The van der Waals surface area contributed by atoms with Crippen LogP contribution in [0.5, 0.6) is 5.75 Å². The van der Waals surface area contributed by atoms with Crippen molar-refractivity contribution in [1.29, 1.82) is 0 Å². The first kappa shape index (κ1) is 14.8. The van der Waals surface area contributed by atoms with Gasteiger partial charge in [0.05, 0.1) is 23.9 Å². The van der Waals surface area contributed by atoms with Crippen molar-refractivity contribution in [2.75, 3.05) is 26.7 Å². The molecule has 114 valence electrons. The molecular formula is C16H23N3OS. The fourth-order valence-electron chi connectivity index (χ4n) is 3.10. The molecule has 0 bridgehead atoms. The van der Waals surface area contributed by atoms with Crippen LogP contribution in [0.4, 0.5) is 0 Å². The van der Waals surface area contributed by atoms with E-state index >= 15 is 0 Å². The molecule has 2 heterocycles. The first-order chi connectivity index (χ1) is 10.3. The standard InChI is InChI=1S/C16H23N3OS/c1-20-13-4-5-14-15(9-13)21-16(18-14)11-19-8-2-3-12(10-19)6-7-17/h4-5,9,12H,2-3,6-8,10-11,17H2,1H3. The molecule has 4 nitrogen and oxygen atoms in total. The van der Waals surface area contributed by atoms with Crippen molar-refractivity contribution in [3.63, 3.8) is 0 Å². The van der Waals surface area contributed by atoms with Crippen LogP contribution in [0, 0.1) is 5.92 Å². The van der Waals surface area contributed by atoms with Gasteiger partial charge in [0.1, 0.15) is 10.8 Å². The van der Waals surface area contributed by atoms with Crippen LogP contribution in [0.1, 0.15) is 24.3 Å². The van der Waals surface area contributed by atoms with E-state index in [-0.39, 0.29) is 0 Å². The van der Waals surface area contributed by atoms with Gasteiger partial charge in [0.2, 0.25) is 0 Å². The highest BCUT2D eigenvalue weighted by atomic mass is 32.1. The second kappa shape index (κ2) is 6.73. The molecule has 0 amide bonds. The van der Waals surface area contributed by atoms with Gasteiger partial charge in [-0.1, -0.05) is 0 Å². The van der Waals surface area contributed by atoms with Crippen molar-refractivity contribution in [2.24, 2.45) is 11.7 Å². The summed E-state index contributed by atoms with van der Waals surface area (Å²) in [6, 6.07) is 6.09. The van der Waals surface area contributed by atoms with Gasteiger partial charge in [-0.3, -0.25) is 4.90 Å². The van der Waals surface area contributed by atoms with Gasteiger partial charge < -0.3 is 10.5 Å². The quantitative estimate of drug-likeness (QED) is 0.923. The molecule has 1 aromatic carbocycles. The Labute approximate surface area is 129 Å². The Morgan fingerprint density at radius 2 is 2.38 bits per heavy atom. The Bertz CT molecular complexity index is 596. The molecule has 2 aromatic rings. The number of likely N-dealkylation sites (tertiary alicyclic amines) is 1. The summed E-state index contributed by atoms with van der Waals surface area (Å²) in [6.45, 7) is 4.11. The largest absolute Gasteiger partial charge is 0.497 e. The lowest BCUT2D eigenvalue weighted by atomic mass is 9.95. The molecule has 1 aliphatic heterocycles. The number of methoxy groups -OCH3 is 1. The molecule has 2 N–H and O–H groups in total. The number of benzene rings is 1. The molecule has 0 aliphatic carbocycles. The second-order valence-electron chi connectivity index (χ2n) is 5.76. The lowest BCUT2D eigenvalue weighted by Crippen LogP contribution is -2.35. The Balaban J connectivity index is 1.69. The minimum atomic E-state index is 0.762. The smallest absolute Gasteiger partial charge is 0.120 e. The number of nitrogens with two attached hydrogens (primary N) is 1. The van der Waals surface area contributed by atoms with E-state index in [2.05, 4.69) is 11.0 Å². The van der Waals surface area contributed by atoms with Gasteiger partial charge in [-0.2, -0.15) is 0 Å². The molecule has 1 atom stereocenters. The average molecular weight is 305 g/mol. The van der Waals surface area contributed by atoms with Crippen LogP contribution in [-0.4, -0.2) is 36.6 Å². The van der Waals surface area contributed by atoms with Gasteiger partial charge in [0.25, 0.3) is 0 Å². The maximum atomic E-state index is 5.70. The average Bonchev–Trinajstić information content (AvgIpc) is 2.89. The van der Waals surface area contributed by atoms with E-state index in [1.54, 1.807) is 18.4 Å². The van der Waals surface area contributed by atoms with Gasteiger partial charge in [-0.25, -0.2) is 4.98 Å². The third-order valence-corrected chi connectivity index (χ3v) is 5.18. The number of nitrogens with zero attached hydrogens (tertiary/aromatic N) is 2. The van der Waals surface area contributed by atoms with E-state index in [9.17, 15) is 0 Å². The Morgan fingerprint density at radius 3 is 3.19 bits per heavy atom. The Morgan fingerprint density at radius 1 is 1.48 bits per heavy atom. The molecule has 1 aliphatic rings. The predicted octanol–water partition coefficient (Wildman–Crippen LogP) is 2.87. The van der Waals surface area contributed by atoms with Crippen molar-refractivity contribution in [3.8, 4) is 5.75 Å². The topological polar surface area (TPSA) is 51.4 Å².